The summed E-state index contributed by atoms with van der Waals surface area (Å²) in [7, 11) is 0. The van der Waals surface area contributed by atoms with Crippen molar-refractivity contribution in [3.63, 3.8) is 0 Å². The van der Waals surface area contributed by atoms with Gasteiger partial charge in [-0.25, -0.2) is 0 Å². The minimum atomic E-state index is -0.0635. The van der Waals surface area contributed by atoms with Crippen LogP contribution in [0, 0.1) is 28.6 Å². The quantitative estimate of drug-likeness (QED) is 0.165. The number of hydrogen-bond acceptors (Lipinski definition) is 2. The first-order valence-electron chi connectivity index (χ1n) is 17.3. The van der Waals surface area contributed by atoms with Crippen molar-refractivity contribution in [2.24, 2.45) is 17.3 Å². The monoisotopic (exact) mass is 535 g/mol. The third-order valence-electron chi connectivity index (χ3n) is 10.3. The maximum Gasteiger partial charge on any atom is 0.119 e. The Balaban J connectivity index is 1.30. The van der Waals surface area contributed by atoms with Gasteiger partial charge in [0.2, 0.25) is 0 Å². The highest BCUT2D eigenvalue weighted by atomic mass is 16.5. The van der Waals surface area contributed by atoms with Crippen molar-refractivity contribution in [3.05, 3.63) is 29.8 Å². The van der Waals surface area contributed by atoms with Crippen LogP contribution >= 0.6 is 0 Å². The van der Waals surface area contributed by atoms with Crippen LogP contribution < -0.4 is 4.74 Å². The highest BCUT2D eigenvalue weighted by Crippen LogP contribution is 2.47. The van der Waals surface area contributed by atoms with Crippen LogP contribution in [0.5, 0.6) is 5.75 Å². The summed E-state index contributed by atoms with van der Waals surface area (Å²) >= 11 is 0. The molecule has 39 heavy (non-hydrogen) atoms. The molecule has 0 unspecified atom stereocenters. The van der Waals surface area contributed by atoms with Gasteiger partial charge >= 0.3 is 0 Å². The van der Waals surface area contributed by atoms with Gasteiger partial charge in [0.15, 0.2) is 0 Å². The van der Waals surface area contributed by atoms with E-state index in [4.69, 9.17) is 4.74 Å². The molecule has 220 valence electrons. The van der Waals surface area contributed by atoms with E-state index in [0.29, 0.717) is 5.92 Å². The Bertz CT molecular complexity index is 777. The fourth-order valence-electron chi connectivity index (χ4n) is 7.33. The summed E-state index contributed by atoms with van der Waals surface area (Å²) in [6, 6.07) is 11.7. The largest absolute Gasteiger partial charge is 0.494 e. The third-order valence-corrected chi connectivity index (χ3v) is 10.3. The second-order valence-electron chi connectivity index (χ2n) is 13.3. The smallest absolute Gasteiger partial charge is 0.119 e. The molecule has 2 heteroatoms. The fraction of sp³-hybridized carbons (Fsp3) is 0.811. The first-order valence-corrected chi connectivity index (χ1v) is 17.3. The summed E-state index contributed by atoms with van der Waals surface area (Å²) in [5.41, 5.74) is 1.38. The second kappa shape index (κ2) is 18.8. The van der Waals surface area contributed by atoms with E-state index in [1.165, 1.54) is 115 Å². The highest BCUT2D eigenvalue weighted by molar-refractivity contribution is 5.30. The highest BCUT2D eigenvalue weighted by Gasteiger charge is 2.36. The number of rotatable bonds is 19. The van der Waals surface area contributed by atoms with Gasteiger partial charge in [0, 0.05) is 0 Å². The molecule has 0 radical (unpaired) electrons. The summed E-state index contributed by atoms with van der Waals surface area (Å²) in [5.74, 6) is 3.48. The number of hydrogen-bond donors (Lipinski definition) is 0. The van der Waals surface area contributed by atoms with Gasteiger partial charge < -0.3 is 4.74 Å². The number of ether oxygens (including phenoxy) is 1. The molecule has 3 rings (SSSR count). The zero-order valence-corrected chi connectivity index (χ0v) is 25.9. The van der Waals surface area contributed by atoms with Crippen molar-refractivity contribution in [1.29, 1.82) is 5.26 Å². The zero-order valence-electron chi connectivity index (χ0n) is 25.9. The van der Waals surface area contributed by atoms with E-state index in [1.807, 2.05) is 0 Å². The van der Waals surface area contributed by atoms with Gasteiger partial charge in [-0.05, 0) is 80.4 Å². The van der Waals surface area contributed by atoms with Crippen LogP contribution in [-0.4, -0.2) is 6.61 Å². The number of nitriles is 1. The topological polar surface area (TPSA) is 33.0 Å². The molecule has 1 aromatic carbocycles. The molecule has 0 bridgehead atoms. The van der Waals surface area contributed by atoms with Crippen molar-refractivity contribution in [2.45, 2.75) is 167 Å². The molecule has 1 aromatic rings. The van der Waals surface area contributed by atoms with Gasteiger partial charge in [0.05, 0.1) is 18.1 Å². The van der Waals surface area contributed by atoms with Gasteiger partial charge in [-0.2, -0.15) is 5.26 Å². The molecular weight excluding hydrogens is 474 g/mol. The van der Waals surface area contributed by atoms with Crippen LogP contribution in [0.2, 0.25) is 0 Å². The molecule has 0 aliphatic heterocycles. The average molecular weight is 536 g/mol. The number of benzene rings is 1. The zero-order chi connectivity index (χ0) is 27.6. The Hall–Kier alpha value is -1.49. The molecule has 2 nitrogen and oxygen atoms in total. The van der Waals surface area contributed by atoms with Gasteiger partial charge in [-0.15, -0.1) is 0 Å². The molecule has 0 amide bonds. The van der Waals surface area contributed by atoms with E-state index < -0.39 is 0 Å². The Morgan fingerprint density at radius 3 is 1.82 bits per heavy atom. The summed E-state index contributed by atoms with van der Waals surface area (Å²) in [6.45, 7) is 5.40. The van der Waals surface area contributed by atoms with Gasteiger partial charge in [-0.3, -0.25) is 0 Å². The second-order valence-corrected chi connectivity index (χ2v) is 13.3. The lowest BCUT2D eigenvalue weighted by Gasteiger charge is -2.37. The number of nitrogens with zero attached hydrogens (tertiary/aromatic N) is 1. The molecule has 2 saturated carbocycles. The first kappa shape index (κ1) is 32.0. The van der Waals surface area contributed by atoms with Crippen molar-refractivity contribution in [3.8, 4) is 11.8 Å². The van der Waals surface area contributed by atoms with E-state index in [0.717, 1.165) is 62.7 Å². The molecule has 0 aromatic heterocycles. The molecular formula is C37H61NO. The van der Waals surface area contributed by atoms with E-state index in [2.05, 4.69) is 44.2 Å². The maximum absolute atomic E-state index is 10.2. The maximum atomic E-state index is 10.2. The first-order chi connectivity index (χ1) is 19.2. The van der Waals surface area contributed by atoms with E-state index in [-0.39, 0.29) is 5.41 Å². The minimum absolute atomic E-state index is 0.0635. The molecule has 0 spiro atoms. The standard InChI is InChI=1S/C37H61NO/c1-3-5-7-9-11-13-15-32-16-18-33(19-17-32)24-27-37(31-38)28-25-35(26-29-37)34-20-22-36(23-21-34)39-30-14-12-10-8-6-4-2/h20-23,32-33,35H,3-19,24-30H2,1-2H3/t32-,33-,35-,37-. The molecule has 0 heterocycles. The van der Waals surface area contributed by atoms with Crippen molar-refractivity contribution >= 4 is 0 Å². The fourth-order valence-corrected chi connectivity index (χ4v) is 7.33. The van der Waals surface area contributed by atoms with Gasteiger partial charge in [-0.1, -0.05) is 129 Å². The number of unbranched alkanes of at least 4 members (excludes halogenated alkanes) is 10. The molecule has 0 N–H and O–H groups in total. The lowest BCUT2D eigenvalue weighted by atomic mass is 9.66. The Labute approximate surface area is 242 Å². The third kappa shape index (κ3) is 11.9. The van der Waals surface area contributed by atoms with Gasteiger partial charge in [0.25, 0.3) is 0 Å². The van der Waals surface area contributed by atoms with Crippen LogP contribution in [0.3, 0.4) is 0 Å². The van der Waals surface area contributed by atoms with Crippen LogP contribution in [0.4, 0.5) is 0 Å². The van der Waals surface area contributed by atoms with Crippen LogP contribution in [-0.2, 0) is 0 Å². The minimum Gasteiger partial charge on any atom is -0.494 e. The predicted octanol–water partition coefficient (Wildman–Crippen LogP) is 11.9. The molecule has 0 saturated heterocycles. The lowest BCUT2D eigenvalue weighted by Crippen LogP contribution is -2.27. The summed E-state index contributed by atoms with van der Waals surface area (Å²) < 4.78 is 6.00. The van der Waals surface area contributed by atoms with Crippen LogP contribution in [0.1, 0.15) is 173 Å². The summed E-state index contributed by atoms with van der Waals surface area (Å²) in [6.07, 6.45) is 30.4. The predicted molar refractivity (Wildman–Crippen MR) is 167 cm³/mol. The summed E-state index contributed by atoms with van der Waals surface area (Å²) in [4.78, 5) is 0. The van der Waals surface area contributed by atoms with Crippen molar-refractivity contribution in [1.82, 2.24) is 0 Å². The van der Waals surface area contributed by atoms with E-state index in [9.17, 15) is 5.26 Å². The average Bonchev–Trinajstić information content (AvgIpc) is 2.98. The molecule has 2 aliphatic carbocycles. The van der Waals surface area contributed by atoms with Crippen LogP contribution in [0.15, 0.2) is 24.3 Å². The normalized spacial score (nSPS) is 25.3. The Kier molecular flexibility index (Phi) is 15.4. The van der Waals surface area contributed by atoms with Crippen LogP contribution in [0.25, 0.3) is 0 Å². The van der Waals surface area contributed by atoms with Gasteiger partial charge in [0.1, 0.15) is 5.75 Å². The Morgan fingerprint density at radius 1 is 0.692 bits per heavy atom. The Morgan fingerprint density at radius 2 is 1.23 bits per heavy atom. The van der Waals surface area contributed by atoms with E-state index in [1.54, 1.807) is 0 Å². The SMILES string of the molecule is CCCCCCCCOc1ccc([C@H]2CC[C@@](C#N)(CC[C@H]3CC[C@H](CCCCCCCC)CC3)CC2)cc1. The van der Waals surface area contributed by atoms with Crippen molar-refractivity contribution in [2.75, 3.05) is 6.61 Å². The van der Waals surface area contributed by atoms with Crippen molar-refractivity contribution < 1.29 is 4.74 Å². The molecule has 0 atom stereocenters. The lowest BCUT2D eigenvalue weighted by molar-refractivity contribution is 0.185. The van der Waals surface area contributed by atoms with E-state index >= 15 is 0 Å². The molecule has 2 aliphatic rings. The summed E-state index contributed by atoms with van der Waals surface area (Å²) in [5, 5.41) is 10.2. The molecule has 2 fully saturated rings.